The van der Waals surface area contributed by atoms with Crippen LogP contribution in [0.4, 0.5) is 11.8 Å². The van der Waals surface area contributed by atoms with Crippen molar-refractivity contribution in [2.24, 2.45) is 0 Å². The van der Waals surface area contributed by atoms with Gasteiger partial charge >= 0.3 is 0 Å². The summed E-state index contributed by atoms with van der Waals surface area (Å²) in [5, 5.41) is 10.3. The van der Waals surface area contributed by atoms with Crippen molar-refractivity contribution in [3.63, 3.8) is 0 Å². The second-order valence-electron chi connectivity index (χ2n) is 6.50. The van der Waals surface area contributed by atoms with Gasteiger partial charge in [-0.2, -0.15) is 15.1 Å². The first kappa shape index (κ1) is 19.5. The molecule has 0 aliphatic carbocycles. The maximum Gasteiger partial charge on any atom is 0.251 e. The number of hydrogen-bond donors (Lipinski definition) is 2. The molecular formula is C20H22N8O2. The van der Waals surface area contributed by atoms with Crippen LogP contribution in [0.25, 0.3) is 17.1 Å². The number of amides is 1. The van der Waals surface area contributed by atoms with Crippen molar-refractivity contribution in [1.29, 1.82) is 0 Å². The minimum atomic E-state index is -0.321. The molecule has 1 aromatic carbocycles. The van der Waals surface area contributed by atoms with Crippen molar-refractivity contribution in [3.05, 3.63) is 54.4 Å². The summed E-state index contributed by atoms with van der Waals surface area (Å²) in [6.45, 7) is 3.08. The third-order valence-electron chi connectivity index (χ3n) is 4.43. The molecule has 2 N–H and O–H groups in total. The first-order valence-electron chi connectivity index (χ1n) is 9.54. The number of benzene rings is 1. The third kappa shape index (κ3) is 3.98. The molecule has 1 amide bonds. The number of anilines is 2. The van der Waals surface area contributed by atoms with E-state index in [1.807, 2.05) is 47.9 Å². The molecule has 154 valence electrons. The molecule has 0 radical (unpaired) electrons. The number of rotatable bonds is 8. The normalized spacial score (nSPS) is 11.0. The van der Waals surface area contributed by atoms with Crippen LogP contribution in [-0.2, 0) is 22.6 Å². The van der Waals surface area contributed by atoms with Crippen LogP contribution in [0.2, 0.25) is 0 Å². The van der Waals surface area contributed by atoms with Crippen LogP contribution in [0.1, 0.15) is 12.5 Å². The molecule has 4 rings (SSSR count). The maximum atomic E-state index is 12.2. The van der Waals surface area contributed by atoms with Gasteiger partial charge in [-0.3, -0.25) is 9.36 Å². The van der Waals surface area contributed by atoms with Crippen LogP contribution in [0, 0.1) is 0 Å². The van der Waals surface area contributed by atoms with Crippen LogP contribution in [0.15, 0.2) is 48.8 Å². The number of fused-ring (bicyclic) bond motifs is 1. The highest BCUT2D eigenvalue weighted by Gasteiger charge is 2.20. The van der Waals surface area contributed by atoms with Crippen LogP contribution >= 0.6 is 0 Å². The van der Waals surface area contributed by atoms with E-state index in [1.54, 1.807) is 17.1 Å². The summed E-state index contributed by atoms with van der Waals surface area (Å²) in [5.41, 5.74) is 2.17. The first-order valence-corrected chi connectivity index (χ1v) is 9.54. The summed E-state index contributed by atoms with van der Waals surface area (Å²) in [6, 6.07) is 11.8. The smallest absolute Gasteiger partial charge is 0.251 e. The number of imidazole rings is 1. The Labute approximate surface area is 172 Å². The molecule has 0 atom stereocenters. The van der Waals surface area contributed by atoms with Crippen molar-refractivity contribution in [2.45, 2.75) is 20.0 Å². The van der Waals surface area contributed by atoms with E-state index in [2.05, 4.69) is 30.7 Å². The van der Waals surface area contributed by atoms with E-state index in [1.165, 1.54) is 7.11 Å². The van der Waals surface area contributed by atoms with Gasteiger partial charge in [0.25, 0.3) is 5.91 Å². The van der Waals surface area contributed by atoms with E-state index < -0.39 is 0 Å². The molecule has 0 spiro atoms. The molecular weight excluding hydrogens is 384 g/mol. The molecule has 3 heterocycles. The van der Waals surface area contributed by atoms with Crippen LogP contribution in [-0.4, -0.2) is 48.9 Å². The molecule has 0 saturated heterocycles. The second kappa shape index (κ2) is 8.70. The fraction of sp³-hybridized carbons (Fsp3) is 0.250. The highest BCUT2D eigenvalue weighted by Crippen LogP contribution is 2.25. The molecule has 0 bridgehead atoms. The average Bonchev–Trinajstić information content (AvgIpc) is 3.41. The summed E-state index contributed by atoms with van der Waals surface area (Å²) in [6.07, 6.45) is 3.48. The zero-order chi connectivity index (χ0) is 20.9. The average molecular weight is 406 g/mol. The maximum absolute atomic E-state index is 12.2. The van der Waals surface area contributed by atoms with Gasteiger partial charge in [0.05, 0.1) is 0 Å². The predicted molar refractivity (Wildman–Crippen MR) is 112 cm³/mol. The highest BCUT2D eigenvalue weighted by molar-refractivity contribution is 5.98. The fourth-order valence-electron chi connectivity index (χ4n) is 3.08. The number of carbonyl (C=O) groups excluding carboxylic acids is 1. The Hall–Kier alpha value is -3.79. The largest absolute Gasteiger partial charge is 0.375 e. The first-order chi connectivity index (χ1) is 14.7. The van der Waals surface area contributed by atoms with Gasteiger partial charge in [-0.15, -0.1) is 0 Å². The number of nitrogens with one attached hydrogen (secondary N) is 2. The van der Waals surface area contributed by atoms with Gasteiger partial charge in [0.2, 0.25) is 11.9 Å². The number of aryl methyl sites for hydroxylation is 1. The van der Waals surface area contributed by atoms with E-state index in [4.69, 9.17) is 4.74 Å². The monoisotopic (exact) mass is 406 g/mol. The Balaban J connectivity index is 1.77. The fourth-order valence-corrected chi connectivity index (χ4v) is 3.08. The zero-order valence-electron chi connectivity index (χ0n) is 16.7. The van der Waals surface area contributed by atoms with Crippen LogP contribution in [0.3, 0.4) is 0 Å². The van der Waals surface area contributed by atoms with Crippen molar-refractivity contribution >= 4 is 28.8 Å². The zero-order valence-corrected chi connectivity index (χ0v) is 16.7. The van der Waals surface area contributed by atoms with Crippen molar-refractivity contribution in [2.75, 3.05) is 24.4 Å². The standard InChI is InChI=1S/C20H22N8O2/c1-3-27-18-16(24-20(27)28-11-7-10-22-28)17(23-15(29)13-30-2)25-19(26-18)21-12-14-8-5-4-6-9-14/h4-11H,3,12-13H2,1-2H3,(H2,21,23,25,26,29). The lowest BCUT2D eigenvalue weighted by molar-refractivity contribution is -0.119. The van der Waals surface area contributed by atoms with E-state index in [0.717, 1.165) is 5.56 Å². The number of ether oxygens (including phenoxy) is 1. The summed E-state index contributed by atoms with van der Waals surface area (Å²) in [7, 11) is 1.46. The van der Waals surface area contributed by atoms with Gasteiger partial charge in [0.15, 0.2) is 17.0 Å². The number of aromatic nitrogens is 6. The summed E-state index contributed by atoms with van der Waals surface area (Å²) in [4.78, 5) is 26.0. The highest BCUT2D eigenvalue weighted by atomic mass is 16.5. The lowest BCUT2D eigenvalue weighted by Crippen LogP contribution is -2.19. The van der Waals surface area contributed by atoms with Gasteiger partial charge in [0, 0.05) is 32.6 Å². The summed E-state index contributed by atoms with van der Waals surface area (Å²) < 4.78 is 8.50. The predicted octanol–water partition coefficient (Wildman–Crippen LogP) is 2.23. The topological polar surface area (TPSA) is 112 Å². The molecule has 0 unspecified atom stereocenters. The SMILES string of the molecule is CCn1c(-n2cccn2)nc2c(NC(=O)COC)nc(NCc3ccccc3)nc21. The lowest BCUT2D eigenvalue weighted by atomic mass is 10.2. The number of nitrogens with zero attached hydrogens (tertiary/aromatic N) is 6. The molecule has 30 heavy (non-hydrogen) atoms. The second-order valence-corrected chi connectivity index (χ2v) is 6.50. The molecule has 0 saturated carbocycles. The Morgan fingerprint density at radius 2 is 1.97 bits per heavy atom. The van der Waals surface area contributed by atoms with Gasteiger partial charge in [-0.25, -0.2) is 9.67 Å². The van der Waals surface area contributed by atoms with Gasteiger partial charge in [0.1, 0.15) is 6.61 Å². The van der Waals surface area contributed by atoms with E-state index in [0.29, 0.717) is 42.0 Å². The van der Waals surface area contributed by atoms with E-state index in [-0.39, 0.29) is 12.5 Å². The number of carbonyl (C=O) groups is 1. The Morgan fingerprint density at radius 3 is 2.67 bits per heavy atom. The Bertz CT molecular complexity index is 1140. The third-order valence-corrected chi connectivity index (χ3v) is 4.43. The molecule has 0 aliphatic heterocycles. The molecule has 10 heteroatoms. The Morgan fingerprint density at radius 1 is 1.13 bits per heavy atom. The minimum Gasteiger partial charge on any atom is -0.375 e. The van der Waals surface area contributed by atoms with Gasteiger partial charge in [-0.05, 0) is 18.6 Å². The van der Waals surface area contributed by atoms with Gasteiger partial charge in [-0.1, -0.05) is 30.3 Å². The van der Waals surface area contributed by atoms with E-state index >= 15 is 0 Å². The lowest BCUT2D eigenvalue weighted by Gasteiger charge is -2.10. The van der Waals surface area contributed by atoms with Gasteiger partial charge < -0.3 is 15.4 Å². The molecule has 0 fully saturated rings. The number of hydrogen-bond acceptors (Lipinski definition) is 7. The quantitative estimate of drug-likeness (QED) is 0.461. The summed E-state index contributed by atoms with van der Waals surface area (Å²) >= 11 is 0. The Kier molecular flexibility index (Phi) is 5.66. The van der Waals surface area contributed by atoms with Crippen LogP contribution < -0.4 is 10.6 Å². The van der Waals surface area contributed by atoms with Crippen LogP contribution in [0.5, 0.6) is 0 Å². The van der Waals surface area contributed by atoms with Crippen molar-refractivity contribution < 1.29 is 9.53 Å². The molecule has 4 aromatic rings. The van der Waals surface area contributed by atoms with Crippen molar-refractivity contribution in [3.8, 4) is 5.95 Å². The summed E-state index contributed by atoms with van der Waals surface area (Å²) in [5.74, 6) is 0.978. The number of methoxy groups -OCH3 is 1. The van der Waals surface area contributed by atoms with E-state index in [9.17, 15) is 4.79 Å². The molecule has 3 aromatic heterocycles. The van der Waals surface area contributed by atoms with Crippen molar-refractivity contribution in [1.82, 2.24) is 29.3 Å². The minimum absolute atomic E-state index is 0.0846. The molecule has 10 nitrogen and oxygen atoms in total. The molecule has 0 aliphatic rings.